The second-order valence-electron chi connectivity index (χ2n) is 4.16. The Hall–Kier alpha value is -0.870. The first kappa shape index (κ1) is 14.2. The highest BCUT2D eigenvalue weighted by atomic mass is 32.1. The predicted octanol–water partition coefficient (Wildman–Crippen LogP) is 2.68. The van der Waals surface area contributed by atoms with E-state index in [2.05, 4.69) is 13.8 Å². The van der Waals surface area contributed by atoms with Gasteiger partial charge in [0.2, 0.25) is 0 Å². The van der Waals surface area contributed by atoms with Crippen LogP contribution in [0.4, 0.5) is 0 Å². The number of aryl methyl sites for hydroxylation is 1. The number of amides is 1. The number of aliphatic hydroxyl groups is 1. The smallest absolute Gasteiger partial charge is 0.255 e. The molecular weight excluding hydrogens is 234 g/mol. The molecule has 1 aromatic heterocycles. The Labute approximate surface area is 107 Å². The monoisotopic (exact) mass is 255 g/mol. The quantitative estimate of drug-likeness (QED) is 0.849. The molecule has 4 heteroatoms. The van der Waals surface area contributed by atoms with Crippen molar-refractivity contribution in [1.29, 1.82) is 0 Å². The number of hydrogen-bond donors (Lipinski definition) is 1. The molecule has 1 aromatic rings. The molecule has 0 saturated heterocycles. The van der Waals surface area contributed by atoms with Gasteiger partial charge >= 0.3 is 0 Å². The third-order valence-corrected chi connectivity index (χ3v) is 3.93. The van der Waals surface area contributed by atoms with Crippen LogP contribution in [-0.4, -0.2) is 35.1 Å². The van der Waals surface area contributed by atoms with E-state index in [-0.39, 0.29) is 18.6 Å². The second kappa shape index (κ2) is 6.77. The van der Waals surface area contributed by atoms with Crippen LogP contribution in [0.25, 0.3) is 0 Å². The van der Waals surface area contributed by atoms with E-state index in [0.29, 0.717) is 6.54 Å². The summed E-state index contributed by atoms with van der Waals surface area (Å²) in [5.74, 6) is 0.0477. The van der Waals surface area contributed by atoms with Crippen LogP contribution < -0.4 is 0 Å². The highest BCUT2D eigenvalue weighted by Crippen LogP contribution is 2.19. The van der Waals surface area contributed by atoms with Gasteiger partial charge in [-0.05, 0) is 30.7 Å². The molecule has 1 amide bonds. The van der Waals surface area contributed by atoms with E-state index in [9.17, 15) is 4.79 Å². The number of rotatable bonds is 6. The Balaban J connectivity index is 2.91. The molecule has 0 aliphatic heterocycles. The van der Waals surface area contributed by atoms with Crippen LogP contribution in [-0.2, 0) is 0 Å². The number of carbonyl (C=O) groups excluding carboxylic acids is 1. The molecule has 3 nitrogen and oxygen atoms in total. The van der Waals surface area contributed by atoms with Crippen molar-refractivity contribution < 1.29 is 9.90 Å². The van der Waals surface area contributed by atoms with Crippen molar-refractivity contribution in [3.63, 3.8) is 0 Å². The van der Waals surface area contributed by atoms with Gasteiger partial charge in [0.25, 0.3) is 5.91 Å². The lowest BCUT2D eigenvalue weighted by atomic mass is 10.1. The second-order valence-corrected chi connectivity index (χ2v) is 4.90. The number of carbonyl (C=O) groups is 1. The Morgan fingerprint density at radius 2 is 2.06 bits per heavy atom. The summed E-state index contributed by atoms with van der Waals surface area (Å²) >= 11 is 1.55. The minimum absolute atomic E-state index is 0.0193. The minimum atomic E-state index is 0.0193. The van der Waals surface area contributed by atoms with Crippen LogP contribution in [0.1, 0.15) is 42.6 Å². The molecule has 0 aliphatic rings. The molecule has 1 heterocycles. The molecule has 17 heavy (non-hydrogen) atoms. The largest absolute Gasteiger partial charge is 0.395 e. The van der Waals surface area contributed by atoms with Crippen molar-refractivity contribution in [3.05, 3.63) is 21.9 Å². The fraction of sp³-hybridized carbons (Fsp3) is 0.615. The first-order chi connectivity index (χ1) is 8.15. The molecule has 0 fully saturated rings. The van der Waals surface area contributed by atoms with E-state index in [1.807, 2.05) is 17.7 Å². The first-order valence-electron chi connectivity index (χ1n) is 6.10. The molecule has 0 atom stereocenters. The molecular formula is C13H21NO2S. The average Bonchev–Trinajstić information content (AvgIpc) is 2.75. The molecule has 0 unspecified atom stereocenters. The molecule has 96 valence electrons. The molecule has 1 N–H and O–H groups in total. The number of aliphatic hydroxyl groups excluding tert-OH is 1. The molecule has 0 saturated carbocycles. The van der Waals surface area contributed by atoms with Gasteiger partial charge in [-0.2, -0.15) is 11.3 Å². The van der Waals surface area contributed by atoms with Gasteiger partial charge in [-0.3, -0.25) is 4.79 Å². The molecule has 0 aromatic carbocycles. The molecule has 0 aliphatic carbocycles. The van der Waals surface area contributed by atoms with Gasteiger partial charge in [0.1, 0.15) is 0 Å². The predicted molar refractivity (Wildman–Crippen MR) is 71.5 cm³/mol. The summed E-state index contributed by atoms with van der Waals surface area (Å²) in [6, 6.07) is 0.217. The van der Waals surface area contributed by atoms with Crippen LogP contribution in [0, 0.1) is 6.92 Å². The Bertz CT molecular complexity index is 358. The zero-order chi connectivity index (χ0) is 12.8. The summed E-state index contributed by atoms with van der Waals surface area (Å²) in [6.45, 7) is 6.54. The van der Waals surface area contributed by atoms with Gasteiger partial charge < -0.3 is 10.0 Å². The Morgan fingerprint density at radius 1 is 1.41 bits per heavy atom. The van der Waals surface area contributed by atoms with E-state index in [1.165, 1.54) is 0 Å². The summed E-state index contributed by atoms with van der Waals surface area (Å²) in [5, 5.41) is 13.0. The van der Waals surface area contributed by atoms with Crippen LogP contribution in [0.2, 0.25) is 0 Å². The van der Waals surface area contributed by atoms with E-state index >= 15 is 0 Å². The zero-order valence-corrected chi connectivity index (χ0v) is 11.6. The fourth-order valence-corrected chi connectivity index (χ4v) is 2.84. The van der Waals surface area contributed by atoms with E-state index in [1.54, 1.807) is 16.2 Å². The first-order valence-corrected chi connectivity index (χ1v) is 7.04. The van der Waals surface area contributed by atoms with Crippen LogP contribution in [0.3, 0.4) is 0 Å². The van der Waals surface area contributed by atoms with Gasteiger partial charge in [-0.15, -0.1) is 0 Å². The van der Waals surface area contributed by atoms with Crippen molar-refractivity contribution in [2.45, 2.75) is 39.7 Å². The summed E-state index contributed by atoms with van der Waals surface area (Å²) in [5.41, 5.74) is 1.80. The maximum Gasteiger partial charge on any atom is 0.255 e. The van der Waals surface area contributed by atoms with Crippen molar-refractivity contribution in [3.8, 4) is 0 Å². The number of hydrogen-bond acceptors (Lipinski definition) is 3. The third-order valence-electron chi connectivity index (χ3n) is 3.07. The standard InChI is InChI=1S/C13H21NO2S/c1-4-11(5-2)14(6-7-15)13(16)12-9-17-8-10(12)3/h8-9,11,15H,4-7H2,1-3H3. The summed E-state index contributed by atoms with van der Waals surface area (Å²) in [6.07, 6.45) is 1.84. The summed E-state index contributed by atoms with van der Waals surface area (Å²) < 4.78 is 0. The van der Waals surface area contributed by atoms with Gasteiger partial charge in [-0.25, -0.2) is 0 Å². The lowest BCUT2D eigenvalue weighted by Gasteiger charge is -2.30. The molecule has 1 rings (SSSR count). The molecule has 0 spiro atoms. The van der Waals surface area contributed by atoms with Crippen LogP contribution in [0.5, 0.6) is 0 Å². The van der Waals surface area contributed by atoms with Crippen LogP contribution >= 0.6 is 11.3 Å². The van der Waals surface area contributed by atoms with E-state index < -0.39 is 0 Å². The number of thiophene rings is 1. The SMILES string of the molecule is CCC(CC)N(CCO)C(=O)c1cscc1C. The number of nitrogens with zero attached hydrogens (tertiary/aromatic N) is 1. The Morgan fingerprint density at radius 3 is 2.47 bits per heavy atom. The third kappa shape index (κ3) is 3.30. The highest BCUT2D eigenvalue weighted by Gasteiger charge is 2.23. The van der Waals surface area contributed by atoms with Crippen molar-refractivity contribution in [2.75, 3.05) is 13.2 Å². The van der Waals surface area contributed by atoms with Gasteiger partial charge in [-0.1, -0.05) is 13.8 Å². The van der Waals surface area contributed by atoms with Gasteiger partial charge in [0.15, 0.2) is 0 Å². The topological polar surface area (TPSA) is 40.5 Å². The van der Waals surface area contributed by atoms with E-state index in [4.69, 9.17) is 5.11 Å². The van der Waals surface area contributed by atoms with Crippen molar-refractivity contribution in [2.24, 2.45) is 0 Å². The molecule has 0 bridgehead atoms. The molecule has 0 radical (unpaired) electrons. The van der Waals surface area contributed by atoms with Gasteiger partial charge in [0.05, 0.1) is 12.2 Å². The van der Waals surface area contributed by atoms with Crippen molar-refractivity contribution in [1.82, 2.24) is 4.90 Å². The summed E-state index contributed by atoms with van der Waals surface area (Å²) in [4.78, 5) is 14.2. The van der Waals surface area contributed by atoms with Crippen molar-refractivity contribution >= 4 is 17.2 Å². The maximum absolute atomic E-state index is 12.4. The van der Waals surface area contributed by atoms with E-state index in [0.717, 1.165) is 24.0 Å². The zero-order valence-electron chi connectivity index (χ0n) is 10.8. The van der Waals surface area contributed by atoms with Crippen LogP contribution in [0.15, 0.2) is 10.8 Å². The minimum Gasteiger partial charge on any atom is -0.395 e. The maximum atomic E-state index is 12.4. The normalized spacial score (nSPS) is 10.9. The average molecular weight is 255 g/mol. The lowest BCUT2D eigenvalue weighted by molar-refractivity contribution is 0.0622. The highest BCUT2D eigenvalue weighted by molar-refractivity contribution is 7.08. The Kier molecular flexibility index (Phi) is 5.65. The van der Waals surface area contributed by atoms with Gasteiger partial charge in [0, 0.05) is 18.0 Å². The lowest BCUT2D eigenvalue weighted by Crippen LogP contribution is -2.41. The summed E-state index contributed by atoms with van der Waals surface area (Å²) in [7, 11) is 0. The fourth-order valence-electron chi connectivity index (χ4n) is 2.02.